The molecule has 1 atom stereocenters. The van der Waals surface area contributed by atoms with E-state index >= 15 is 0 Å². The Morgan fingerprint density at radius 1 is 1.29 bits per heavy atom. The third-order valence-corrected chi connectivity index (χ3v) is 3.51. The van der Waals surface area contributed by atoms with E-state index < -0.39 is 0 Å². The molecule has 3 heteroatoms. The SMILES string of the molecule is CN(C)C1(CCc2ccccc2)CNCCO1. The van der Waals surface area contributed by atoms with Gasteiger partial charge in [0.25, 0.3) is 0 Å². The number of ether oxygens (including phenoxy) is 1. The Balaban J connectivity index is 1.98. The van der Waals surface area contributed by atoms with E-state index in [2.05, 4.69) is 54.6 Å². The van der Waals surface area contributed by atoms with Gasteiger partial charge in [-0.25, -0.2) is 0 Å². The molecule has 1 unspecified atom stereocenters. The maximum atomic E-state index is 6.01. The van der Waals surface area contributed by atoms with E-state index in [-0.39, 0.29) is 5.72 Å². The third-order valence-electron chi connectivity index (χ3n) is 3.51. The van der Waals surface area contributed by atoms with E-state index in [4.69, 9.17) is 4.74 Å². The summed E-state index contributed by atoms with van der Waals surface area (Å²) in [5, 5.41) is 3.43. The zero-order chi connectivity index (χ0) is 12.1. The fraction of sp³-hybridized carbons (Fsp3) is 0.571. The molecule has 0 radical (unpaired) electrons. The highest BCUT2D eigenvalue weighted by atomic mass is 16.5. The molecule has 3 nitrogen and oxygen atoms in total. The molecule has 1 heterocycles. The van der Waals surface area contributed by atoms with Crippen molar-refractivity contribution in [1.82, 2.24) is 10.2 Å². The first-order chi connectivity index (χ1) is 8.23. The number of likely N-dealkylation sites (N-methyl/N-ethyl adjacent to an activating group) is 1. The summed E-state index contributed by atoms with van der Waals surface area (Å²) in [5.74, 6) is 0. The van der Waals surface area contributed by atoms with Crippen molar-refractivity contribution >= 4 is 0 Å². The van der Waals surface area contributed by atoms with Crippen LogP contribution < -0.4 is 5.32 Å². The molecule has 1 aliphatic rings. The Labute approximate surface area is 104 Å². The highest BCUT2D eigenvalue weighted by molar-refractivity contribution is 5.15. The minimum absolute atomic E-state index is 0.145. The molecule has 0 saturated carbocycles. The van der Waals surface area contributed by atoms with Crippen LogP contribution in [0.25, 0.3) is 0 Å². The Kier molecular flexibility index (Phi) is 4.15. The van der Waals surface area contributed by atoms with Crippen molar-refractivity contribution in [2.24, 2.45) is 0 Å². The van der Waals surface area contributed by atoms with Crippen LogP contribution in [0, 0.1) is 0 Å². The smallest absolute Gasteiger partial charge is 0.134 e. The fourth-order valence-electron chi connectivity index (χ4n) is 2.30. The maximum Gasteiger partial charge on any atom is 0.134 e. The van der Waals surface area contributed by atoms with Gasteiger partial charge >= 0.3 is 0 Å². The van der Waals surface area contributed by atoms with Crippen LogP contribution in [0.2, 0.25) is 0 Å². The lowest BCUT2D eigenvalue weighted by Crippen LogP contribution is -2.58. The van der Waals surface area contributed by atoms with Gasteiger partial charge in [0.15, 0.2) is 0 Å². The van der Waals surface area contributed by atoms with Gasteiger partial charge in [0.1, 0.15) is 5.72 Å². The first-order valence-corrected chi connectivity index (χ1v) is 6.29. The van der Waals surface area contributed by atoms with E-state index in [1.807, 2.05) is 0 Å². The Hall–Kier alpha value is -0.900. The Morgan fingerprint density at radius 3 is 2.65 bits per heavy atom. The van der Waals surface area contributed by atoms with Crippen molar-refractivity contribution in [3.8, 4) is 0 Å². The molecule has 1 aromatic carbocycles. The first-order valence-electron chi connectivity index (χ1n) is 6.29. The summed E-state index contributed by atoms with van der Waals surface area (Å²) >= 11 is 0. The van der Waals surface area contributed by atoms with Crippen LogP contribution >= 0.6 is 0 Å². The summed E-state index contributed by atoms with van der Waals surface area (Å²) in [6.07, 6.45) is 2.08. The molecule has 0 amide bonds. The molecule has 2 rings (SSSR count). The average Bonchev–Trinajstić information content (AvgIpc) is 2.38. The number of benzene rings is 1. The predicted molar refractivity (Wildman–Crippen MR) is 70.0 cm³/mol. The fourth-order valence-corrected chi connectivity index (χ4v) is 2.30. The monoisotopic (exact) mass is 234 g/mol. The molecular weight excluding hydrogens is 212 g/mol. The highest BCUT2D eigenvalue weighted by Gasteiger charge is 2.35. The number of aryl methyl sites for hydroxylation is 1. The molecule has 1 fully saturated rings. The summed E-state index contributed by atoms with van der Waals surface area (Å²) in [4.78, 5) is 2.20. The van der Waals surface area contributed by atoms with E-state index in [0.29, 0.717) is 0 Å². The van der Waals surface area contributed by atoms with Crippen LogP contribution in [0.4, 0.5) is 0 Å². The second-order valence-electron chi connectivity index (χ2n) is 4.85. The predicted octanol–water partition coefficient (Wildman–Crippen LogP) is 1.50. The van der Waals surface area contributed by atoms with Gasteiger partial charge in [-0.1, -0.05) is 30.3 Å². The second-order valence-corrected chi connectivity index (χ2v) is 4.85. The molecule has 0 aromatic heterocycles. The average molecular weight is 234 g/mol. The van der Waals surface area contributed by atoms with E-state index in [0.717, 1.165) is 32.5 Å². The van der Waals surface area contributed by atoms with Gasteiger partial charge in [-0.3, -0.25) is 4.90 Å². The van der Waals surface area contributed by atoms with E-state index in [9.17, 15) is 0 Å². The normalized spacial score (nSPS) is 25.1. The number of morpholine rings is 1. The van der Waals surface area contributed by atoms with Crippen LogP contribution in [0.15, 0.2) is 30.3 Å². The van der Waals surface area contributed by atoms with Crippen LogP contribution in [0.1, 0.15) is 12.0 Å². The van der Waals surface area contributed by atoms with Gasteiger partial charge in [-0.05, 0) is 32.5 Å². The number of nitrogens with zero attached hydrogens (tertiary/aromatic N) is 1. The second kappa shape index (κ2) is 5.63. The maximum absolute atomic E-state index is 6.01. The minimum Gasteiger partial charge on any atom is -0.358 e. The summed E-state index contributed by atoms with van der Waals surface area (Å²) in [6.45, 7) is 2.67. The quantitative estimate of drug-likeness (QED) is 0.854. The first kappa shape index (κ1) is 12.6. The van der Waals surface area contributed by atoms with Crippen LogP contribution in [0.5, 0.6) is 0 Å². The summed E-state index contributed by atoms with van der Waals surface area (Å²) in [6, 6.07) is 10.6. The van der Waals surface area contributed by atoms with Gasteiger partial charge in [0.2, 0.25) is 0 Å². The highest BCUT2D eigenvalue weighted by Crippen LogP contribution is 2.22. The van der Waals surface area contributed by atoms with Crippen LogP contribution in [0.3, 0.4) is 0 Å². The van der Waals surface area contributed by atoms with Gasteiger partial charge in [0, 0.05) is 13.1 Å². The lowest BCUT2D eigenvalue weighted by atomic mass is 10.00. The van der Waals surface area contributed by atoms with Crippen molar-refractivity contribution in [3.63, 3.8) is 0 Å². The molecule has 1 saturated heterocycles. The van der Waals surface area contributed by atoms with Gasteiger partial charge in [-0.15, -0.1) is 0 Å². The molecule has 0 spiro atoms. The molecule has 0 aliphatic carbocycles. The molecular formula is C14H22N2O. The van der Waals surface area contributed by atoms with Crippen molar-refractivity contribution in [3.05, 3.63) is 35.9 Å². The standard InChI is InChI=1S/C14H22N2O/c1-16(2)14(12-15-10-11-17-14)9-8-13-6-4-3-5-7-13/h3-7,15H,8-12H2,1-2H3. The number of nitrogens with one attached hydrogen (secondary N) is 1. The number of hydrogen-bond acceptors (Lipinski definition) is 3. The van der Waals surface area contributed by atoms with Gasteiger partial charge < -0.3 is 10.1 Å². The summed E-state index contributed by atoms with van der Waals surface area (Å²) in [7, 11) is 4.19. The molecule has 1 N–H and O–H groups in total. The van der Waals surface area contributed by atoms with Crippen molar-refractivity contribution in [1.29, 1.82) is 0 Å². The molecule has 1 aliphatic heterocycles. The van der Waals surface area contributed by atoms with Crippen LogP contribution in [-0.4, -0.2) is 44.4 Å². The summed E-state index contributed by atoms with van der Waals surface area (Å²) in [5.41, 5.74) is 1.23. The molecule has 17 heavy (non-hydrogen) atoms. The number of hydrogen-bond donors (Lipinski definition) is 1. The Bertz CT molecular complexity index is 331. The van der Waals surface area contributed by atoms with Crippen molar-refractivity contribution in [2.75, 3.05) is 33.8 Å². The number of rotatable bonds is 4. The molecule has 1 aromatic rings. The lowest BCUT2D eigenvalue weighted by Gasteiger charge is -2.43. The van der Waals surface area contributed by atoms with Gasteiger partial charge in [0.05, 0.1) is 6.61 Å². The molecule has 94 valence electrons. The largest absolute Gasteiger partial charge is 0.358 e. The van der Waals surface area contributed by atoms with Crippen molar-refractivity contribution in [2.45, 2.75) is 18.6 Å². The zero-order valence-corrected chi connectivity index (χ0v) is 10.8. The summed E-state index contributed by atoms with van der Waals surface area (Å²) < 4.78 is 6.01. The minimum atomic E-state index is -0.145. The lowest BCUT2D eigenvalue weighted by molar-refractivity contribution is -0.156. The van der Waals surface area contributed by atoms with Crippen LogP contribution in [-0.2, 0) is 11.2 Å². The Morgan fingerprint density at radius 2 is 2.06 bits per heavy atom. The molecule has 0 bridgehead atoms. The van der Waals surface area contributed by atoms with Gasteiger partial charge in [-0.2, -0.15) is 0 Å². The third kappa shape index (κ3) is 3.06. The van der Waals surface area contributed by atoms with E-state index in [1.165, 1.54) is 5.56 Å². The topological polar surface area (TPSA) is 24.5 Å². The van der Waals surface area contributed by atoms with E-state index in [1.54, 1.807) is 0 Å². The zero-order valence-electron chi connectivity index (χ0n) is 10.8. The van der Waals surface area contributed by atoms with Crippen molar-refractivity contribution < 1.29 is 4.74 Å².